The van der Waals surface area contributed by atoms with E-state index in [1.165, 1.54) is 11.6 Å². The van der Waals surface area contributed by atoms with Gasteiger partial charge in [-0.3, -0.25) is 24.8 Å². The van der Waals surface area contributed by atoms with Crippen molar-refractivity contribution in [2.24, 2.45) is 5.41 Å². The molecular formula is C54H59N9O10S. The number of amides is 1. The number of sulfonamides is 1. The van der Waals surface area contributed by atoms with Crippen LogP contribution in [0.15, 0.2) is 102 Å². The predicted molar refractivity (Wildman–Crippen MR) is 276 cm³/mol. The molecular weight excluding hydrogens is 967 g/mol. The maximum absolute atomic E-state index is 14.8. The molecule has 3 N–H and O–H groups in total. The van der Waals surface area contributed by atoms with Crippen LogP contribution in [0.4, 0.5) is 28.4 Å². The molecule has 12 rings (SSSR count). The van der Waals surface area contributed by atoms with Crippen LogP contribution in [0.3, 0.4) is 0 Å². The van der Waals surface area contributed by atoms with Gasteiger partial charge in [-0.15, -0.1) is 0 Å². The summed E-state index contributed by atoms with van der Waals surface area (Å²) in [5.74, 6) is 0.340. The third-order valence-electron chi connectivity index (χ3n) is 15.7. The number of pyridine rings is 2. The highest BCUT2D eigenvalue weighted by molar-refractivity contribution is 7.90. The summed E-state index contributed by atoms with van der Waals surface area (Å²) in [5.41, 5.74) is 4.39. The summed E-state index contributed by atoms with van der Waals surface area (Å²) in [7, 11) is -4.72. The second-order valence-corrected chi connectivity index (χ2v) is 22.3. The minimum absolute atomic E-state index is 0.0163. The van der Waals surface area contributed by atoms with E-state index in [4.69, 9.17) is 28.7 Å². The molecule has 4 atom stereocenters. The first kappa shape index (κ1) is 48.0. The molecule has 8 heterocycles. The number of benzene rings is 3. The molecule has 6 aliphatic rings. The molecule has 3 aromatic carbocycles. The molecule has 6 aromatic rings. The van der Waals surface area contributed by atoms with Crippen LogP contribution in [0.25, 0.3) is 11.0 Å². The molecule has 19 nitrogen and oxygen atoms in total. The molecule has 3 aromatic heterocycles. The van der Waals surface area contributed by atoms with Crippen molar-refractivity contribution in [1.82, 2.24) is 24.6 Å². The Kier molecular flexibility index (Phi) is 12.6. The summed E-state index contributed by atoms with van der Waals surface area (Å²) < 4.78 is 61.7. The van der Waals surface area contributed by atoms with Gasteiger partial charge in [0.2, 0.25) is 5.88 Å². The summed E-state index contributed by atoms with van der Waals surface area (Å²) in [6, 6.07) is 25.3. The van der Waals surface area contributed by atoms with Crippen LogP contribution < -0.4 is 34.0 Å². The summed E-state index contributed by atoms with van der Waals surface area (Å²) in [6.07, 6.45) is 8.25. The van der Waals surface area contributed by atoms with Crippen LogP contribution in [-0.4, -0.2) is 122 Å². The number of ether oxygens (including phenoxy) is 5. The quantitative estimate of drug-likeness (QED) is 0.0791. The Balaban J connectivity index is 0.830. The Morgan fingerprint density at radius 1 is 0.959 bits per heavy atom. The third kappa shape index (κ3) is 9.11. The summed E-state index contributed by atoms with van der Waals surface area (Å²) in [5, 5.41) is 16.5. The number of aromatic nitrogens is 3. The van der Waals surface area contributed by atoms with E-state index in [0.29, 0.717) is 61.6 Å². The number of carbonyl (C=O) groups is 1. The van der Waals surface area contributed by atoms with Crippen LogP contribution in [0, 0.1) is 15.5 Å². The molecule has 5 aliphatic heterocycles. The van der Waals surface area contributed by atoms with Crippen LogP contribution in [0.2, 0.25) is 0 Å². The highest BCUT2D eigenvalue weighted by Crippen LogP contribution is 2.54. The largest absolute Gasteiger partial charge is 0.491 e. The van der Waals surface area contributed by atoms with E-state index in [-0.39, 0.29) is 59.9 Å². The van der Waals surface area contributed by atoms with Crippen molar-refractivity contribution in [2.75, 3.05) is 67.8 Å². The van der Waals surface area contributed by atoms with Crippen molar-refractivity contribution >= 4 is 55.4 Å². The highest BCUT2D eigenvalue weighted by atomic mass is 32.2. The Morgan fingerprint density at radius 2 is 1.78 bits per heavy atom. The first-order chi connectivity index (χ1) is 35.9. The SMILES string of the molecule is CC(C)Oc1ccccc1[C@@H]1COCCN1C1CC2(CCN(c3ccc(C(=O)NS(=O)(=O)c4cc5c(c([N+](=O)[O-])c4)N[C@@H](Cc4ccccn4)CO5)c(N4c5cc6cc[nH]c6nc5O[C@H]5COCC[C@@H]54)c3)CC2)C1. The number of nitrogens with zero attached hydrogens (tertiary/aromatic N) is 6. The Bertz CT molecular complexity index is 3210. The van der Waals surface area contributed by atoms with Gasteiger partial charge < -0.3 is 43.8 Å². The second-order valence-electron chi connectivity index (χ2n) is 20.7. The lowest BCUT2D eigenvalue weighted by molar-refractivity contribution is -0.384. The van der Waals surface area contributed by atoms with Crippen LogP contribution in [-0.2, 0) is 25.9 Å². The molecule has 74 heavy (non-hydrogen) atoms. The molecule has 0 bridgehead atoms. The number of hydrogen-bond acceptors (Lipinski definition) is 16. The zero-order valence-corrected chi connectivity index (χ0v) is 42.1. The monoisotopic (exact) mass is 1030 g/mol. The molecule has 1 aliphatic carbocycles. The highest BCUT2D eigenvalue weighted by Gasteiger charge is 2.50. The number of nitro benzene ring substituents is 1. The van der Waals surface area contributed by atoms with Gasteiger partial charge in [0, 0.05) is 85.6 Å². The minimum Gasteiger partial charge on any atom is -0.491 e. The van der Waals surface area contributed by atoms with E-state index in [1.807, 2.05) is 42.5 Å². The van der Waals surface area contributed by atoms with Gasteiger partial charge in [-0.05, 0) is 99.9 Å². The van der Waals surface area contributed by atoms with Gasteiger partial charge in [-0.2, -0.15) is 4.98 Å². The molecule has 0 radical (unpaired) electrons. The standard InChI is InChI=1S/C54H59N9O10S/c1-33(2)72-47-9-4-3-8-40(47)46-31-70-22-20-61(46)38-28-54(29-38)14-18-60(19-15-54)37-10-11-41(43(25-37)62-42-13-21-69-32-49(42)73-53-45(62)23-34-12-17-56-51(34)58-53)52(64)59-74(67,68)39-26-44(63(65)66)50-48(27-39)71-30-36(57-50)24-35-7-5-6-16-55-35/h3-12,16-17,23,25-27,33,36,38,42,46,49,57H,13-15,18-22,24,28-32H2,1-2H3,(H,56,58)(H,59,64)/t36-,42-,46-,49-/m0/s1. The fourth-order valence-corrected chi connectivity index (χ4v) is 13.0. The van der Waals surface area contributed by atoms with Gasteiger partial charge in [0.05, 0.1) is 65.1 Å². The Morgan fingerprint density at radius 3 is 2.59 bits per heavy atom. The smallest absolute Gasteiger partial charge is 0.297 e. The number of carbonyl (C=O) groups excluding carboxylic acids is 1. The van der Waals surface area contributed by atoms with E-state index in [1.54, 1.807) is 24.5 Å². The minimum atomic E-state index is -4.72. The normalized spacial score (nSPS) is 22.6. The van der Waals surface area contributed by atoms with Crippen LogP contribution in [0.1, 0.15) is 73.6 Å². The lowest BCUT2D eigenvalue weighted by Gasteiger charge is -2.57. The molecule has 0 unspecified atom stereocenters. The van der Waals surface area contributed by atoms with Gasteiger partial charge in [-0.1, -0.05) is 24.3 Å². The van der Waals surface area contributed by atoms with Gasteiger partial charge in [-0.25, -0.2) is 13.1 Å². The van der Waals surface area contributed by atoms with E-state index < -0.39 is 37.5 Å². The number of nitrogens with one attached hydrogen (secondary N) is 3. The van der Waals surface area contributed by atoms with Gasteiger partial charge in [0.25, 0.3) is 21.6 Å². The number of morpholine rings is 1. The van der Waals surface area contributed by atoms with Gasteiger partial charge in [0.15, 0.2) is 11.4 Å². The van der Waals surface area contributed by atoms with Crippen molar-refractivity contribution < 1.29 is 41.8 Å². The van der Waals surface area contributed by atoms with Crippen LogP contribution >= 0.6 is 0 Å². The number of anilines is 4. The maximum Gasteiger partial charge on any atom is 0.297 e. The lowest BCUT2D eigenvalue weighted by atomic mass is 9.59. The number of hydrogen-bond donors (Lipinski definition) is 3. The zero-order valence-electron chi connectivity index (χ0n) is 41.3. The summed E-state index contributed by atoms with van der Waals surface area (Å²) >= 11 is 0. The molecule has 20 heteroatoms. The molecule has 4 fully saturated rings. The molecule has 1 spiro atoms. The topological polar surface area (TPSA) is 216 Å². The summed E-state index contributed by atoms with van der Waals surface area (Å²) in [4.78, 5) is 45.6. The molecule has 1 saturated carbocycles. The number of fused-ring (bicyclic) bond motifs is 4. The lowest BCUT2D eigenvalue weighted by Crippen LogP contribution is -2.57. The third-order valence-corrected chi connectivity index (χ3v) is 17.0. The zero-order chi connectivity index (χ0) is 50.7. The number of H-pyrrole nitrogens is 1. The predicted octanol–water partition coefficient (Wildman–Crippen LogP) is 7.70. The van der Waals surface area contributed by atoms with E-state index in [9.17, 15) is 23.3 Å². The van der Waals surface area contributed by atoms with E-state index in [2.05, 4.69) is 66.8 Å². The van der Waals surface area contributed by atoms with Gasteiger partial charge >= 0.3 is 0 Å². The van der Waals surface area contributed by atoms with E-state index in [0.717, 1.165) is 73.9 Å². The fourth-order valence-electron chi connectivity index (χ4n) is 12.0. The number of aromatic amines is 1. The Labute approximate surface area is 428 Å². The Hall–Kier alpha value is -7.00. The van der Waals surface area contributed by atoms with E-state index >= 15 is 0 Å². The number of nitro groups is 1. The molecule has 3 saturated heterocycles. The number of rotatable bonds is 12. The van der Waals surface area contributed by atoms with Crippen molar-refractivity contribution in [3.8, 4) is 17.4 Å². The van der Waals surface area contributed by atoms with Crippen molar-refractivity contribution in [1.29, 1.82) is 0 Å². The van der Waals surface area contributed by atoms with Crippen molar-refractivity contribution in [3.05, 3.63) is 124 Å². The molecule has 386 valence electrons. The van der Waals surface area contributed by atoms with Gasteiger partial charge in [0.1, 0.15) is 29.8 Å². The first-order valence-electron chi connectivity index (χ1n) is 25.6. The number of piperidine rings is 1. The maximum atomic E-state index is 14.8. The molecule has 1 amide bonds. The second kappa shape index (κ2) is 19.4. The first-order valence-corrected chi connectivity index (χ1v) is 27.1. The van der Waals surface area contributed by atoms with Crippen LogP contribution in [0.5, 0.6) is 17.4 Å². The summed E-state index contributed by atoms with van der Waals surface area (Å²) in [6.45, 7) is 8.74. The van der Waals surface area contributed by atoms with Crippen molar-refractivity contribution in [2.45, 2.75) is 93.6 Å². The fraction of sp³-hybridized carbons (Fsp3) is 0.426. The average Bonchev–Trinajstić information content (AvgIpc) is 3.86. The van der Waals surface area contributed by atoms with Crippen molar-refractivity contribution in [3.63, 3.8) is 0 Å². The number of para-hydroxylation sites is 1. The average molecular weight is 1030 g/mol.